The number of halogens is 1. The summed E-state index contributed by atoms with van der Waals surface area (Å²) in [5.74, 6) is -0.205. The van der Waals surface area contributed by atoms with Gasteiger partial charge in [0, 0.05) is 18.8 Å². The zero-order valence-electron chi connectivity index (χ0n) is 11.4. The van der Waals surface area contributed by atoms with Crippen LogP contribution in [0.15, 0.2) is 24.3 Å². The van der Waals surface area contributed by atoms with Crippen molar-refractivity contribution in [2.45, 2.75) is 33.6 Å². The maximum atomic E-state index is 13.2. The van der Waals surface area contributed by atoms with Crippen molar-refractivity contribution < 1.29 is 4.39 Å². The molecule has 0 radical (unpaired) electrons. The van der Waals surface area contributed by atoms with Crippen molar-refractivity contribution in [1.29, 1.82) is 5.26 Å². The molecular formula is C15H21FN2. The molecule has 0 atom stereocenters. The Bertz CT molecular complexity index is 421. The van der Waals surface area contributed by atoms with Crippen LogP contribution in [0, 0.1) is 22.6 Å². The van der Waals surface area contributed by atoms with Crippen molar-refractivity contribution in [2.24, 2.45) is 5.41 Å². The fourth-order valence-electron chi connectivity index (χ4n) is 1.91. The molecular weight excluding hydrogens is 227 g/mol. The predicted molar refractivity (Wildman–Crippen MR) is 72.9 cm³/mol. The second-order valence-electron chi connectivity index (χ2n) is 5.16. The number of hydrogen-bond acceptors (Lipinski definition) is 2. The monoisotopic (exact) mass is 248 g/mol. The standard InChI is InChI=1S/C15H21FN2/c1-4-18(10-6-9-15(2,3)12-17)14-8-5-7-13(16)11-14/h5,7-8,11H,4,6,9-10H2,1-3H3. The Hall–Kier alpha value is -1.56. The van der Waals surface area contributed by atoms with Gasteiger partial charge in [-0.2, -0.15) is 5.26 Å². The molecule has 98 valence electrons. The summed E-state index contributed by atoms with van der Waals surface area (Å²) >= 11 is 0. The molecule has 18 heavy (non-hydrogen) atoms. The van der Waals surface area contributed by atoms with E-state index >= 15 is 0 Å². The first-order chi connectivity index (χ1) is 8.48. The summed E-state index contributed by atoms with van der Waals surface area (Å²) in [6.45, 7) is 7.65. The van der Waals surface area contributed by atoms with E-state index in [1.54, 1.807) is 12.1 Å². The third-order valence-corrected chi connectivity index (χ3v) is 3.09. The van der Waals surface area contributed by atoms with Gasteiger partial charge >= 0.3 is 0 Å². The van der Waals surface area contributed by atoms with Gasteiger partial charge < -0.3 is 4.90 Å². The van der Waals surface area contributed by atoms with Crippen LogP contribution < -0.4 is 4.90 Å². The van der Waals surface area contributed by atoms with E-state index in [2.05, 4.69) is 17.9 Å². The minimum Gasteiger partial charge on any atom is -0.372 e. The third-order valence-electron chi connectivity index (χ3n) is 3.09. The summed E-state index contributed by atoms with van der Waals surface area (Å²) in [4.78, 5) is 2.14. The second-order valence-corrected chi connectivity index (χ2v) is 5.16. The quantitative estimate of drug-likeness (QED) is 0.761. The summed E-state index contributed by atoms with van der Waals surface area (Å²) in [5.41, 5.74) is 0.633. The van der Waals surface area contributed by atoms with Gasteiger partial charge in [0.05, 0.1) is 11.5 Å². The molecule has 0 amide bonds. The molecule has 0 unspecified atom stereocenters. The maximum absolute atomic E-state index is 13.2. The summed E-state index contributed by atoms with van der Waals surface area (Å²) < 4.78 is 13.2. The predicted octanol–water partition coefficient (Wildman–Crippen LogP) is 3.98. The van der Waals surface area contributed by atoms with Crippen LogP contribution in [0.3, 0.4) is 0 Å². The molecule has 1 aromatic carbocycles. The lowest BCUT2D eigenvalue weighted by Crippen LogP contribution is -2.25. The second kappa shape index (κ2) is 6.39. The topological polar surface area (TPSA) is 27.0 Å². The highest BCUT2D eigenvalue weighted by Crippen LogP contribution is 2.22. The van der Waals surface area contributed by atoms with Gasteiger partial charge in [-0.15, -0.1) is 0 Å². The van der Waals surface area contributed by atoms with Gasteiger partial charge in [-0.1, -0.05) is 6.07 Å². The molecule has 0 saturated heterocycles. The molecule has 3 heteroatoms. The Morgan fingerprint density at radius 2 is 2.11 bits per heavy atom. The molecule has 1 aromatic rings. The normalized spacial score (nSPS) is 11.1. The summed E-state index contributed by atoms with van der Waals surface area (Å²) in [6, 6.07) is 8.96. The molecule has 0 aliphatic heterocycles. The smallest absolute Gasteiger partial charge is 0.125 e. The highest BCUT2D eigenvalue weighted by Gasteiger charge is 2.16. The Kier molecular flexibility index (Phi) is 5.15. The summed E-state index contributed by atoms with van der Waals surface area (Å²) in [5, 5.41) is 8.96. The molecule has 0 aliphatic carbocycles. The van der Waals surface area contributed by atoms with E-state index < -0.39 is 0 Å². The van der Waals surface area contributed by atoms with Crippen LogP contribution in [0.2, 0.25) is 0 Å². The van der Waals surface area contributed by atoms with Gasteiger partial charge in [0.2, 0.25) is 0 Å². The highest BCUT2D eigenvalue weighted by atomic mass is 19.1. The Morgan fingerprint density at radius 1 is 1.39 bits per heavy atom. The van der Waals surface area contributed by atoms with E-state index in [1.807, 2.05) is 19.9 Å². The van der Waals surface area contributed by atoms with Crippen molar-refractivity contribution in [3.05, 3.63) is 30.1 Å². The van der Waals surface area contributed by atoms with Crippen LogP contribution in [0.5, 0.6) is 0 Å². The first-order valence-corrected chi connectivity index (χ1v) is 6.40. The van der Waals surface area contributed by atoms with Crippen molar-refractivity contribution in [1.82, 2.24) is 0 Å². The Labute approximate surface area is 109 Å². The lowest BCUT2D eigenvalue weighted by molar-refractivity contribution is 0.435. The van der Waals surface area contributed by atoms with Gasteiger partial charge in [-0.3, -0.25) is 0 Å². The third kappa shape index (κ3) is 4.37. The van der Waals surface area contributed by atoms with Crippen LogP contribution in [-0.2, 0) is 0 Å². The van der Waals surface area contributed by atoms with Crippen molar-refractivity contribution >= 4 is 5.69 Å². The number of rotatable bonds is 6. The van der Waals surface area contributed by atoms with Crippen LogP contribution in [0.4, 0.5) is 10.1 Å². The van der Waals surface area contributed by atoms with E-state index in [-0.39, 0.29) is 11.2 Å². The van der Waals surface area contributed by atoms with Crippen LogP contribution in [0.1, 0.15) is 33.6 Å². The Balaban J connectivity index is 2.56. The zero-order chi connectivity index (χ0) is 13.6. The van der Waals surface area contributed by atoms with Gasteiger partial charge in [0.1, 0.15) is 5.82 Å². The Morgan fingerprint density at radius 3 is 2.67 bits per heavy atom. The van der Waals surface area contributed by atoms with Gasteiger partial charge in [0.25, 0.3) is 0 Å². The highest BCUT2D eigenvalue weighted by molar-refractivity contribution is 5.46. The lowest BCUT2D eigenvalue weighted by atomic mass is 9.90. The summed E-state index contributed by atoms with van der Waals surface area (Å²) in [7, 11) is 0. The SMILES string of the molecule is CCN(CCCC(C)(C)C#N)c1cccc(F)c1. The number of anilines is 1. The van der Waals surface area contributed by atoms with Gasteiger partial charge in [-0.05, 0) is 51.8 Å². The molecule has 0 N–H and O–H groups in total. The molecule has 0 spiro atoms. The average Bonchev–Trinajstić information content (AvgIpc) is 2.34. The number of nitriles is 1. The van der Waals surface area contributed by atoms with E-state index in [1.165, 1.54) is 6.07 Å². The largest absolute Gasteiger partial charge is 0.372 e. The zero-order valence-corrected chi connectivity index (χ0v) is 11.4. The molecule has 1 rings (SSSR count). The van der Waals surface area contributed by atoms with Gasteiger partial charge in [0.15, 0.2) is 0 Å². The van der Waals surface area contributed by atoms with Crippen molar-refractivity contribution in [2.75, 3.05) is 18.0 Å². The number of hydrogen-bond donors (Lipinski definition) is 0. The van der Waals surface area contributed by atoms with E-state index in [0.717, 1.165) is 31.6 Å². The van der Waals surface area contributed by atoms with Crippen molar-refractivity contribution in [3.8, 4) is 6.07 Å². The van der Waals surface area contributed by atoms with Crippen molar-refractivity contribution in [3.63, 3.8) is 0 Å². The first kappa shape index (κ1) is 14.5. The lowest BCUT2D eigenvalue weighted by Gasteiger charge is -2.24. The van der Waals surface area contributed by atoms with Crippen LogP contribution in [-0.4, -0.2) is 13.1 Å². The fourth-order valence-corrected chi connectivity index (χ4v) is 1.91. The van der Waals surface area contributed by atoms with Crippen LogP contribution in [0.25, 0.3) is 0 Å². The summed E-state index contributed by atoms with van der Waals surface area (Å²) in [6.07, 6.45) is 1.79. The molecule has 0 aliphatic rings. The molecule has 0 bridgehead atoms. The van der Waals surface area contributed by atoms with E-state index in [4.69, 9.17) is 5.26 Å². The number of nitrogens with zero attached hydrogens (tertiary/aromatic N) is 2. The first-order valence-electron chi connectivity index (χ1n) is 6.40. The fraction of sp³-hybridized carbons (Fsp3) is 0.533. The van der Waals surface area contributed by atoms with E-state index in [9.17, 15) is 4.39 Å². The molecule has 0 heterocycles. The van der Waals surface area contributed by atoms with E-state index in [0.29, 0.717) is 0 Å². The molecule has 0 aromatic heterocycles. The number of benzene rings is 1. The average molecular weight is 248 g/mol. The molecule has 0 fully saturated rings. The molecule has 0 saturated carbocycles. The minimum absolute atomic E-state index is 0.205. The van der Waals surface area contributed by atoms with Crippen LogP contribution >= 0.6 is 0 Å². The maximum Gasteiger partial charge on any atom is 0.125 e. The minimum atomic E-state index is -0.276. The molecule has 2 nitrogen and oxygen atoms in total. The van der Waals surface area contributed by atoms with Gasteiger partial charge in [-0.25, -0.2) is 4.39 Å².